The van der Waals surface area contributed by atoms with E-state index in [1.54, 1.807) is 12.1 Å². The number of ether oxygens (including phenoxy) is 1. The first kappa shape index (κ1) is 19.1. The first-order valence-corrected chi connectivity index (χ1v) is 9.09. The van der Waals surface area contributed by atoms with E-state index < -0.39 is 23.3 Å². The Morgan fingerprint density at radius 2 is 1.66 bits per heavy atom. The summed E-state index contributed by atoms with van der Waals surface area (Å²) in [7, 11) is 0. The summed E-state index contributed by atoms with van der Waals surface area (Å²) < 4.78 is 44.0. The van der Waals surface area contributed by atoms with Gasteiger partial charge in [0.15, 0.2) is 0 Å². The lowest BCUT2D eigenvalue weighted by molar-refractivity contribution is -0.137. The molecule has 2 heterocycles. The van der Waals surface area contributed by atoms with Crippen LogP contribution in [0.4, 0.5) is 23.7 Å². The van der Waals surface area contributed by atoms with Gasteiger partial charge < -0.3 is 15.0 Å². The van der Waals surface area contributed by atoms with E-state index in [4.69, 9.17) is 4.74 Å². The van der Waals surface area contributed by atoms with Crippen molar-refractivity contribution in [2.24, 2.45) is 0 Å². The number of benzene rings is 2. The first-order chi connectivity index (χ1) is 13.7. The van der Waals surface area contributed by atoms with E-state index in [1.165, 1.54) is 12.1 Å². The second-order valence-electron chi connectivity index (χ2n) is 7.10. The highest BCUT2D eigenvalue weighted by molar-refractivity contribution is 6.07. The maximum absolute atomic E-state index is 12.8. The normalized spacial score (nSPS) is 18.5. The topological polar surface area (TPSA) is 70.7 Å². The number of imide groups is 1. The predicted octanol–water partition coefficient (Wildman–Crippen LogP) is 3.68. The molecular formula is C20H18F3N3O3. The number of urea groups is 1. The molecular weight excluding hydrogens is 387 g/mol. The third kappa shape index (κ3) is 3.85. The standard InChI is InChI=1S/C20H18F3N3O3/c21-20(22,23)13-2-1-3-16(12-13)29-15-6-4-14(5-7-15)26-10-8-19(9-11-26)17(27)24-18(28)25-19/h1-7,12H,8-11H2,(H2,24,25,27,28). The zero-order valence-corrected chi connectivity index (χ0v) is 15.3. The summed E-state index contributed by atoms with van der Waals surface area (Å²) in [5.41, 5.74) is -0.696. The lowest BCUT2D eigenvalue weighted by Gasteiger charge is -2.38. The molecule has 0 saturated carbocycles. The van der Waals surface area contributed by atoms with Gasteiger partial charge in [0, 0.05) is 18.8 Å². The smallest absolute Gasteiger partial charge is 0.416 e. The monoisotopic (exact) mass is 405 g/mol. The Balaban J connectivity index is 1.40. The van der Waals surface area contributed by atoms with E-state index in [0.717, 1.165) is 17.8 Å². The van der Waals surface area contributed by atoms with Crippen molar-refractivity contribution in [3.8, 4) is 11.5 Å². The number of halogens is 3. The minimum Gasteiger partial charge on any atom is -0.457 e. The van der Waals surface area contributed by atoms with Gasteiger partial charge in [-0.3, -0.25) is 10.1 Å². The fraction of sp³-hybridized carbons (Fsp3) is 0.300. The van der Waals surface area contributed by atoms with Crippen LogP contribution in [0.3, 0.4) is 0 Å². The molecule has 3 amide bonds. The molecule has 0 bridgehead atoms. The molecule has 4 rings (SSSR count). The van der Waals surface area contributed by atoms with Crippen LogP contribution in [0.25, 0.3) is 0 Å². The summed E-state index contributed by atoms with van der Waals surface area (Å²) in [4.78, 5) is 25.5. The van der Waals surface area contributed by atoms with Crippen LogP contribution in [-0.4, -0.2) is 30.6 Å². The zero-order chi connectivity index (χ0) is 20.6. The highest BCUT2D eigenvalue weighted by atomic mass is 19.4. The summed E-state index contributed by atoms with van der Waals surface area (Å²) in [6.45, 7) is 1.17. The van der Waals surface area contributed by atoms with Gasteiger partial charge in [0.1, 0.15) is 17.0 Å². The van der Waals surface area contributed by atoms with Crippen LogP contribution in [-0.2, 0) is 11.0 Å². The molecule has 2 aliphatic rings. The highest BCUT2D eigenvalue weighted by Crippen LogP contribution is 2.34. The van der Waals surface area contributed by atoms with Crippen molar-refractivity contribution in [1.29, 1.82) is 0 Å². The third-order valence-corrected chi connectivity index (χ3v) is 5.23. The summed E-state index contributed by atoms with van der Waals surface area (Å²) in [5.74, 6) is 0.242. The number of alkyl halides is 3. The molecule has 6 nitrogen and oxygen atoms in total. The van der Waals surface area contributed by atoms with E-state index in [9.17, 15) is 22.8 Å². The molecule has 0 atom stereocenters. The molecule has 2 N–H and O–H groups in total. The fourth-order valence-corrected chi connectivity index (χ4v) is 3.62. The molecule has 0 aromatic heterocycles. The summed E-state index contributed by atoms with van der Waals surface area (Å²) in [6.07, 6.45) is -3.44. The number of nitrogens with one attached hydrogen (secondary N) is 2. The van der Waals surface area contributed by atoms with Crippen molar-refractivity contribution in [3.05, 3.63) is 54.1 Å². The number of piperidine rings is 1. The van der Waals surface area contributed by atoms with E-state index >= 15 is 0 Å². The van der Waals surface area contributed by atoms with Gasteiger partial charge in [-0.25, -0.2) is 4.79 Å². The average Bonchev–Trinajstić information content (AvgIpc) is 2.95. The Morgan fingerprint density at radius 1 is 0.966 bits per heavy atom. The lowest BCUT2D eigenvalue weighted by atomic mass is 9.87. The quantitative estimate of drug-likeness (QED) is 0.765. The Labute approximate surface area is 164 Å². The minimum atomic E-state index is -4.43. The van der Waals surface area contributed by atoms with Crippen LogP contribution >= 0.6 is 0 Å². The van der Waals surface area contributed by atoms with Crippen LogP contribution in [0, 0.1) is 0 Å². The van der Waals surface area contributed by atoms with E-state index in [-0.39, 0.29) is 11.7 Å². The van der Waals surface area contributed by atoms with E-state index in [2.05, 4.69) is 15.5 Å². The molecule has 152 valence electrons. The summed E-state index contributed by atoms with van der Waals surface area (Å²) in [5, 5.41) is 5.00. The molecule has 2 aliphatic heterocycles. The first-order valence-electron chi connectivity index (χ1n) is 9.09. The number of hydrogen-bond donors (Lipinski definition) is 2. The maximum Gasteiger partial charge on any atom is 0.416 e. The Bertz CT molecular complexity index is 936. The Hall–Kier alpha value is -3.23. The van der Waals surface area contributed by atoms with Crippen molar-refractivity contribution in [3.63, 3.8) is 0 Å². The van der Waals surface area contributed by atoms with Crippen LogP contribution in [0.1, 0.15) is 18.4 Å². The molecule has 0 aliphatic carbocycles. The van der Waals surface area contributed by atoms with Crippen LogP contribution in [0.15, 0.2) is 48.5 Å². The molecule has 9 heteroatoms. The number of rotatable bonds is 3. The number of amides is 3. The van der Waals surface area contributed by atoms with Gasteiger partial charge in [-0.2, -0.15) is 13.2 Å². The van der Waals surface area contributed by atoms with Gasteiger partial charge in [0.25, 0.3) is 5.91 Å². The zero-order valence-electron chi connectivity index (χ0n) is 15.3. The summed E-state index contributed by atoms with van der Waals surface area (Å²) >= 11 is 0. The van der Waals surface area contributed by atoms with Crippen LogP contribution in [0.5, 0.6) is 11.5 Å². The van der Waals surface area contributed by atoms with E-state index in [0.29, 0.717) is 31.7 Å². The van der Waals surface area contributed by atoms with E-state index in [1.807, 2.05) is 12.1 Å². The lowest BCUT2D eigenvalue weighted by Crippen LogP contribution is -2.54. The molecule has 2 aromatic rings. The van der Waals surface area contributed by atoms with Crippen LogP contribution < -0.4 is 20.3 Å². The maximum atomic E-state index is 12.8. The van der Waals surface area contributed by atoms with Gasteiger partial charge in [-0.1, -0.05) is 6.07 Å². The number of carbonyl (C=O) groups excluding carboxylic acids is 2. The molecule has 2 aromatic carbocycles. The van der Waals surface area contributed by atoms with Crippen molar-refractivity contribution in [2.45, 2.75) is 24.6 Å². The molecule has 29 heavy (non-hydrogen) atoms. The Kier molecular flexibility index (Phi) is 4.60. The number of anilines is 1. The molecule has 0 radical (unpaired) electrons. The van der Waals surface area contributed by atoms with Gasteiger partial charge in [-0.05, 0) is 55.3 Å². The van der Waals surface area contributed by atoms with Gasteiger partial charge in [-0.15, -0.1) is 0 Å². The molecule has 2 saturated heterocycles. The second-order valence-corrected chi connectivity index (χ2v) is 7.10. The highest BCUT2D eigenvalue weighted by Gasteiger charge is 2.47. The SMILES string of the molecule is O=C1NC(=O)C2(CCN(c3ccc(Oc4cccc(C(F)(F)F)c4)cc3)CC2)N1. The predicted molar refractivity (Wildman–Crippen MR) is 98.8 cm³/mol. The van der Waals surface area contributed by atoms with Gasteiger partial charge in [0.05, 0.1) is 5.56 Å². The number of nitrogens with zero attached hydrogens (tertiary/aromatic N) is 1. The van der Waals surface area contributed by atoms with Crippen LogP contribution in [0.2, 0.25) is 0 Å². The van der Waals surface area contributed by atoms with Crippen molar-refractivity contribution >= 4 is 17.6 Å². The third-order valence-electron chi connectivity index (χ3n) is 5.23. The van der Waals surface area contributed by atoms with Crippen molar-refractivity contribution in [1.82, 2.24) is 10.6 Å². The summed E-state index contributed by atoms with van der Waals surface area (Å²) in [6, 6.07) is 11.3. The average molecular weight is 405 g/mol. The Morgan fingerprint density at radius 3 is 2.24 bits per heavy atom. The minimum absolute atomic E-state index is 0.107. The van der Waals surface area contributed by atoms with Crippen molar-refractivity contribution in [2.75, 3.05) is 18.0 Å². The van der Waals surface area contributed by atoms with Gasteiger partial charge >= 0.3 is 12.2 Å². The molecule has 1 spiro atoms. The number of carbonyl (C=O) groups is 2. The largest absolute Gasteiger partial charge is 0.457 e. The number of hydrogen-bond acceptors (Lipinski definition) is 4. The fourth-order valence-electron chi connectivity index (χ4n) is 3.62. The molecule has 0 unspecified atom stereocenters. The van der Waals surface area contributed by atoms with Crippen molar-refractivity contribution < 1.29 is 27.5 Å². The van der Waals surface area contributed by atoms with Gasteiger partial charge in [0.2, 0.25) is 0 Å². The second kappa shape index (κ2) is 6.98. The molecule has 2 fully saturated rings.